The third-order valence-electron chi connectivity index (χ3n) is 3.22. The number of carbonyl (C=O) groups is 1. The first-order valence-electron chi connectivity index (χ1n) is 6.69. The van der Waals surface area contributed by atoms with Crippen LogP contribution in [0.5, 0.6) is 0 Å². The van der Waals surface area contributed by atoms with Crippen LogP contribution in [0.3, 0.4) is 0 Å². The van der Waals surface area contributed by atoms with Crippen LogP contribution in [-0.2, 0) is 14.8 Å². The number of methoxy groups -OCH3 is 1. The molecule has 0 spiro atoms. The van der Waals surface area contributed by atoms with Crippen molar-refractivity contribution in [1.29, 1.82) is 0 Å². The van der Waals surface area contributed by atoms with Gasteiger partial charge in [0.2, 0.25) is 10.0 Å². The molecule has 2 rings (SSSR count). The first-order chi connectivity index (χ1) is 10.4. The molecule has 1 N–H and O–H groups in total. The van der Waals surface area contributed by atoms with Crippen molar-refractivity contribution in [2.24, 2.45) is 0 Å². The van der Waals surface area contributed by atoms with Gasteiger partial charge in [-0.05, 0) is 36.8 Å². The molecule has 0 bridgehead atoms. The molecule has 0 heterocycles. The monoisotopic (exact) mass is 319 g/mol. The summed E-state index contributed by atoms with van der Waals surface area (Å²) in [6.45, 7) is 1.77. The van der Waals surface area contributed by atoms with Crippen LogP contribution in [0.25, 0.3) is 0 Å². The van der Waals surface area contributed by atoms with Crippen molar-refractivity contribution >= 4 is 16.0 Å². The van der Waals surface area contributed by atoms with E-state index in [1.165, 1.54) is 31.4 Å². The van der Waals surface area contributed by atoms with Crippen LogP contribution in [0.1, 0.15) is 28.9 Å². The van der Waals surface area contributed by atoms with Crippen molar-refractivity contribution in [3.05, 3.63) is 65.7 Å². The molecule has 2 aromatic carbocycles. The van der Waals surface area contributed by atoms with Gasteiger partial charge in [0.1, 0.15) is 0 Å². The largest absolute Gasteiger partial charge is 0.465 e. The SMILES string of the molecule is COC(=O)c1ccc(S(=O)(=O)N[C@H](C)c2ccccc2)cc1. The van der Waals surface area contributed by atoms with Gasteiger partial charge < -0.3 is 4.74 Å². The number of benzene rings is 2. The van der Waals surface area contributed by atoms with E-state index in [0.29, 0.717) is 5.56 Å². The zero-order valence-corrected chi connectivity index (χ0v) is 13.1. The Morgan fingerprint density at radius 1 is 1.05 bits per heavy atom. The van der Waals surface area contributed by atoms with Crippen molar-refractivity contribution in [2.45, 2.75) is 17.9 Å². The Hall–Kier alpha value is -2.18. The van der Waals surface area contributed by atoms with E-state index in [1.807, 2.05) is 30.3 Å². The Morgan fingerprint density at radius 3 is 2.18 bits per heavy atom. The van der Waals surface area contributed by atoms with Crippen molar-refractivity contribution in [3.63, 3.8) is 0 Å². The summed E-state index contributed by atoms with van der Waals surface area (Å²) in [6, 6.07) is 14.5. The molecule has 22 heavy (non-hydrogen) atoms. The van der Waals surface area contributed by atoms with E-state index in [-0.39, 0.29) is 10.9 Å². The fourth-order valence-electron chi connectivity index (χ4n) is 2.00. The molecule has 0 aliphatic carbocycles. The lowest BCUT2D eigenvalue weighted by atomic mass is 10.1. The van der Waals surface area contributed by atoms with Crippen LogP contribution in [0.4, 0.5) is 0 Å². The van der Waals surface area contributed by atoms with Gasteiger partial charge >= 0.3 is 5.97 Å². The summed E-state index contributed by atoms with van der Waals surface area (Å²) in [4.78, 5) is 11.4. The summed E-state index contributed by atoms with van der Waals surface area (Å²) < 4.78 is 31.9. The van der Waals surface area contributed by atoms with Gasteiger partial charge in [0.05, 0.1) is 17.6 Å². The number of rotatable bonds is 5. The molecule has 0 fully saturated rings. The molecule has 0 amide bonds. The van der Waals surface area contributed by atoms with Crippen LogP contribution in [0.2, 0.25) is 0 Å². The first kappa shape index (κ1) is 16.2. The van der Waals surface area contributed by atoms with E-state index >= 15 is 0 Å². The molecule has 1 atom stereocenters. The molecule has 6 heteroatoms. The second kappa shape index (κ2) is 6.72. The highest BCUT2D eigenvalue weighted by Gasteiger charge is 2.18. The molecule has 0 saturated heterocycles. The molecule has 0 saturated carbocycles. The maximum atomic E-state index is 12.3. The molecular weight excluding hydrogens is 302 g/mol. The standard InChI is InChI=1S/C16H17NO4S/c1-12(13-6-4-3-5-7-13)17-22(19,20)15-10-8-14(9-11-15)16(18)21-2/h3-12,17H,1-2H3/t12-/m1/s1. The smallest absolute Gasteiger partial charge is 0.337 e. The van der Waals surface area contributed by atoms with Gasteiger partial charge in [0.25, 0.3) is 0 Å². The average Bonchev–Trinajstić information content (AvgIpc) is 2.54. The van der Waals surface area contributed by atoms with Gasteiger partial charge in [0, 0.05) is 6.04 Å². The van der Waals surface area contributed by atoms with E-state index in [2.05, 4.69) is 9.46 Å². The Kier molecular flexibility index (Phi) is 4.95. The number of nitrogens with one attached hydrogen (secondary N) is 1. The van der Waals surface area contributed by atoms with E-state index in [4.69, 9.17) is 0 Å². The van der Waals surface area contributed by atoms with E-state index in [9.17, 15) is 13.2 Å². The minimum absolute atomic E-state index is 0.0999. The van der Waals surface area contributed by atoms with Crippen LogP contribution in [-0.4, -0.2) is 21.5 Å². The van der Waals surface area contributed by atoms with Crippen molar-refractivity contribution in [3.8, 4) is 0 Å². The van der Waals surface area contributed by atoms with Crippen LogP contribution in [0, 0.1) is 0 Å². The summed E-state index contributed by atoms with van der Waals surface area (Å²) in [5.41, 5.74) is 1.18. The summed E-state index contributed by atoms with van der Waals surface area (Å²) in [5.74, 6) is -0.505. The molecule has 0 aromatic heterocycles. The highest BCUT2D eigenvalue weighted by Crippen LogP contribution is 2.17. The van der Waals surface area contributed by atoms with Crippen molar-refractivity contribution in [2.75, 3.05) is 7.11 Å². The molecule has 0 aliphatic rings. The molecule has 116 valence electrons. The van der Waals surface area contributed by atoms with Gasteiger partial charge in [0.15, 0.2) is 0 Å². The summed E-state index contributed by atoms with van der Waals surface area (Å²) in [6.07, 6.45) is 0. The Balaban J connectivity index is 2.18. The van der Waals surface area contributed by atoms with Gasteiger partial charge in [-0.15, -0.1) is 0 Å². The number of carbonyl (C=O) groups excluding carboxylic acids is 1. The fourth-order valence-corrected chi connectivity index (χ4v) is 3.23. The zero-order valence-electron chi connectivity index (χ0n) is 12.3. The Labute approximate surface area is 130 Å². The van der Waals surface area contributed by atoms with Gasteiger partial charge in [-0.25, -0.2) is 17.9 Å². The number of hydrogen-bond acceptors (Lipinski definition) is 4. The predicted molar refractivity (Wildman–Crippen MR) is 83.0 cm³/mol. The first-order valence-corrected chi connectivity index (χ1v) is 8.18. The fraction of sp³-hybridized carbons (Fsp3) is 0.188. The summed E-state index contributed by atoms with van der Waals surface area (Å²) in [5, 5.41) is 0. The average molecular weight is 319 g/mol. The number of esters is 1. The third kappa shape index (κ3) is 3.72. The van der Waals surface area contributed by atoms with Crippen molar-refractivity contribution in [1.82, 2.24) is 4.72 Å². The zero-order chi connectivity index (χ0) is 16.2. The molecule has 0 radical (unpaired) electrons. The Bertz CT molecular complexity index is 739. The van der Waals surface area contributed by atoms with Gasteiger partial charge in [-0.3, -0.25) is 0 Å². The second-order valence-electron chi connectivity index (χ2n) is 4.77. The highest BCUT2D eigenvalue weighted by atomic mass is 32.2. The van der Waals surface area contributed by atoms with Gasteiger partial charge in [-0.1, -0.05) is 30.3 Å². The number of ether oxygens (including phenoxy) is 1. The van der Waals surface area contributed by atoms with Crippen LogP contribution < -0.4 is 4.72 Å². The van der Waals surface area contributed by atoms with E-state index < -0.39 is 16.0 Å². The predicted octanol–water partition coefficient (Wildman–Crippen LogP) is 2.51. The maximum Gasteiger partial charge on any atom is 0.337 e. The minimum Gasteiger partial charge on any atom is -0.465 e. The number of sulfonamides is 1. The minimum atomic E-state index is -3.66. The summed E-state index contributed by atoms with van der Waals surface area (Å²) in [7, 11) is -2.39. The topological polar surface area (TPSA) is 72.5 Å². The van der Waals surface area contributed by atoms with E-state index in [1.54, 1.807) is 6.92 Å². The van der Waals surface area contributed by atoms with Crippen LogP contribution >= 0.6 is 0 Å². The number of hydrogen-bond donors (Lipinski definition) is 1. The lowest BCUT2D eigenvalue weighted by Gasteiger charge is -2.14. The molecule has 0 unspecified atom stereocenters. The quantitative estimate of drug-likeness (QED) is 0.860. The van der Waals surface area contributed by atoms with E-state index in [0.717, 1.165) is 5.56 Å². The lowest BCUT2D eigenvalue weighted by molar-refractivity contribution is 0.0600. The van der Waals surface area contributed by atoms with Crippen molar-refractivity contribution < 1.29 is 17.9 Å². The lowest BCUT2D eigenvalue weighted by Crippen LogP contribution is -2.26. The summed E-state index contributed by atoms with van der Waals surface area (Å²) >= 11 is 0. The Morgan fingerprint density at radius 2 is 1.64 bits per heavy atom. The van der Waals surface area contributed by atoms with Gasteiger partial charge in [-0.2, -0.15) is 0 Å². The normalized spacial score (nSPS) is 12.6. The second-order valence-corrected chi connectivity index (χ2v) is 6.48. The molecular formula is C16H17NO4S. The molecule has 5 nitrogen and oxygen atoms in total. The maximum absolute atomic E-state index is 12.3. The third-order valence-corrected chi connectivity index (χ3v) is 4.77. The molecule has 0 aliphatic heterocycles. The van der Waals surface area contributed by atoms with Crippen LogP contribution in [0.15, 0.2) is 59.5 Å². The highest BCUT2D eigenvalue weighted by molar-refractivity contribution is 7.89. The molecule has 2 aromatic rings.